The van der Waals surface area contributed by atoms with E-state index >= 15 is 0 Å². The number of nitrogens with zero attached hydrogens (tertiary/aromatic N) is 3. The summed E-state index contributed by atoms with van der Waals surface area (Å²) in [6.07, 6.45) is 0.782. The molecule has 4 rings (SSSR count). The molecule has 0 spiro atoms. The maximum absolute atomic E-state index is 14.5. The van der Waals surface area contributed by atoms with Crippen LogP contribution in [0.25, 0.3) is 0 Å². The van der Waals surface area contributed by atoms with E-state index in [2.05, 4.69) is 14.9 Å². The average Bonchev–Trinajstić information content (AvgIpc) is 3.19. The monoisotopic (exact) mass is 415 g/mol. The van der Waals surface area contributed by atoms with Crippen molar-refractivity contribution in [1.29, 1.82) is 0 Å². The molecule has 152 valence electrons. The molecule has 1 saturated heterocycles. The van der Waals surface area contributed by atoms with E-state index in [-0.39, 0.29) is 17.7 Å². The summed E-state index contributed by atoms with van der Waals surface area (Å²) in [4.78, 5) is 10.3. The molecule has 1 aliphatic heterocycles. The zero-order valence-corrected chi connectivity index (χ0v) is 15.9. The number of thioether (sulfide) groups is 1. The quantitative estimate of drug-likeness (QED) is 0.324. The van der Waals surface area contributed by atoms with Crippen LogP contribution in [-0.4, -0.2) is 51.5 Å². The van der Waals surface area contributed by atoms with Gasteiger partial charge in [0.1, 0.15) is 5.83 Å². The van der Waals surface area contributed by atoms with Crippen molar-refractivity contribution in [3.63, 3.8) is 0 Å². The van der Waals surface area contributed by atoms with Gasteiger partial charge in [0.15, 0.2) is 5.16 Å². The van der Waals surface area contributed by atoms with Gasteiger partial charge in [0.25, 0.3) is 0 Å². The van der Waals surface area contributed by atoms with Gasteiger partial charge in [-0.15, -0.1) is 0 Å². The Morgan fingerprint density at radius 1 is 1.36 bits per heavy atom. The topological polar surface area (TPSA) is 49.3 Å². The van der Waals surface area contributed by atoms with Crippen LogP contribution < -0.4 is 0 Å². The van der Waals surface area contributed by atoms with Gasteiger partial charge in [-0.1, -0.05) is 17.8 Å². The van der Waals surface area contributed by atoms with E-state index in [1.165, 1.54) is 24.0 Å². The normalized spacial score (nSPS) is 30.0. The molecule has 3 atom stereocenters. The molecular formula is C19H21F4N3OS. The summed E-state index contributed by atoms with van der Waals surface area (Å²) in [5.74, 6) is 0.0795. The molecule has 0 radical (unpaired) electrons. The maximum atomic E-state index is 14.5. The molecule has 0 bridgehead atoms. The Bertz CT molecular complexity index is 813. The number of alkyl halides is 3. The summed E-state index contributed by atoms with van der Waals surface area (Å²) in [6, 6.07) is 1.42. The van der Waals surface area contributed by atoms with Crippen LogP contribution in [-0.2, 0) is 0 Å². The van der Waals surface area contributed by atoms with Crippen LogP contribution >= 0.6 is 11.8 Å². The Hall–Kier alpha value is -1.61. The van der Waals surface area contributed by atoms with Gasteiger partial charge >= 0.3 is 6.18 Å². The number of fused-ring (bicyclic) bond motifs is 1. The molecule has 2 fully saturated rings. The van der Waals surface area contributed by atoms with Crippen molar-refractivity contribution >= 4 is 11.8 Å². The van der Waals surface area contributed by atoms with Crippen LogP contribution in [0.3, 0.4) is 0 Å². The maximum Gasteiger partial charge on any atom is 0.416 e. The van der Waals surface area contributed by atoms with Crippen LogP contribution in [0.2, 0.25) is 0 Å². The van der Waals surface area contributed by atoms with Gasteiger partial charge in [-0.2, -0.15) is 18.2 Å². The highest BCUT2D eigenvalue weighted by molar-refractivity contribution is 7.99. The van der Waals surface area contributed by atoms with Crippen molar-refractivity contribution in [2.24, 2.45) is 17.3 Å². The first-order chi connectivity index (χ1) is 13.3. The molecule has 4 nitrogen and oxygen atoms in total. The number of hydrogen-bond donors (Lipinski definition) is 1. The van der Waals surface area contributed by atoms with Gasteiger partial charge < -0.3 is 10.0 Å². The lowest BCUT2D eigenvalue weighted by atomic mass is 9.81. The molecule has 2 heterocycles. The molecular weight excluding hydrogens is 394 g/mol. The molecule has 28 heavy (non-hydrogen) atoms. The molecule has 2 aliphatic carbocycles. The Kier molecular flexibility index (Phi) is 5.16. The fraction of sp³-hybridized carbons (Fsp3) is 0.579. The largest absolute Gasteiger partial charge is 0.493 e. The Morgan fingerprint density at radius 3 is 2.89 bits per heavy atom. The number of likely N-dealkylation sites (tertiary alicyclic amines) is 1. The number of aromatic hydroxyl groups is 1. The first-order valence-corrected chi connectivity index (χ1v) is 10.3. The summed E-state index contributed by atoms with van der Waals surface area (Å²) < 4.78 is 52.8. The van der Waals surface area contributed by atoms with Gasteiger partial charge in [-0.25, -0.2) is 9.37 Å². The molecule has 1 N–H and O–H groups in total. The predicted molar refractivity (Wildman–Crippen MR) is 97.5 cm³/mol. The minimum atomic E-state index is -4.48. The van der Waals surface area contributed by atoms with Gasteiger partial charge in [-0.05, 0) is 43.2 Å². The molecule has 1 aromatic rings. The van der Waals surface area contributed by atoms with Crippen LogP contribution in [0.1, 0.15) is 19.3 Å². The minimum Gasteiger partial charge on any atom is -0.493 e. The smallest absolute Gasteiger partial charge is 0.416 e. The number of piperidine rings is 1. The number of allylic oxidation sites excluding steroid dienone is 4. The minimum absolute atomic E-state index is 0.0515. The van der Waals surface area contributed by atoms with Crippen LogP contribution in [0.15, 0.2) is 41.0 Å². The molecule has 0 aromatic carbocycles. The Morgan fingerprint density at radius 2 is 2.18 bits per heavy atom. The molecule has 1 saturated carbocycles. The number of aromatic nitrogens is 2. The van der Waals surface area contributed by atoms with E-state index in [1.54, 1.807) is 0 Å². The lowest BCUT2D eigenvalue weighted by molar-refractivity contribution is -0.0891. The van der Waals surface area contributed by atoms with Crippen LogP contribution in [0.5, 0.6) is 5.88 Å². The molecule has 9 heteroatoms. The fourth-order valence-electron chi connectivity index (χ4n) is 4.57. The summed E-state index contributed by atoms with van der Waals surface area (Å²) in [5, 5.41) is 9.87. The molecule has 1 unspecified atom stereocenters. The van der Waals surface area contributed by atoms with Crippen LogP contribution in [0, 0.1) is 17.3 Å². The highest BCUT2D eigenvalue weighted by Gasteiger charge is 2.64. The van der Waals surface area contributed by atoms with Gasteiger partial charge in [0.05, 0.1) is 5.57 Å². The molecule has 3 aliphatic rings. The van der Waals surface area contributed by atoms with Crippen molar-refractivity contribution in [1.82, 2.24) is 14.9 Å². The number of rotatable bonds is 6. The first-order valence-electron chi connectivity index (χ1n) is 9.29. The van der Waals surface area contributed by atoms with E-state index < -0.39 is 23.5 Å². The van der Waals surface area contributed by atoms with Crippen molar-refractivity contribution in [3.05, 3.63) is 35.8 Å². The standard InChI is InChI=1S/C19H21F4N3OS/c20-15-8-12(19(21,22)23)2-3-14(15)18-9-13(18)10-26(11-18)6-1-7-28-17-24-5-4-16(27)25-17/h2,4-5,8,13-14H,1,3,6-7,9-11H2,(H,24,25,27)/t13-,14?,18-/m0/s1. The van der Waals surface area contributed by atoms with Crippen molar-refractivity contribution in [2.75, 3.05) is 25.4 Å². The zero-order chi connectivity index (χ0) is 19.9. The second-order valence-electron chi connectivity index (χ2n) is 7.74. The number of hydrogen-bond acceptors (Lipinski definition) is 5. The zero-order valence-electron chi connectivity index (χ0n) is 15.1. The second kappa shape index (κ2) is 7.33. The average molecular weight is 415 g/mol. The van der Waals surface area contributed by atoms with Crippen molar-refractivity contribution in [2.45, 2.75) is 30.6 Å². The van der Waals surface area contributed by atoms with Gasteiger partial charge in [-0.3, -0.25) is 0 Å². The van der Waals surface area contributed by atoms with Gasteiger partial charge in [0, 0.05) is 37.0 Å². The molecule has 0 amide bonds. The second-order valence-corrected chi connectivity index (χ2v) is 8.81. The predicted octanol–water partition coefficient (Wildman–Crippen LogP) is 4.35. The van der Waals surface area contributed by atoms with Crippen molar-refractivity contribution < 1.29 is 22.7 Å². The van der Waals surface area contributed by atoms with E-state index in [9.17, 15) is 22.7 Å². The summed E-state index contributed by atoms with van der Waals surface area (Å²) in [5.41, 5.74) is -1.06. The van der Waals surface area contributed by atoms with E-state index in [4.69, 9.17) is 0 Å². The Balaban J connectivity index is 1.27. The highest BCUT2D eigenvalue weighted by Crippen LogP contribution is 2.65. The number of halogens is 4. The third-order valence-corrected chi connectivity index (χ3v) is 6.91. The first kappa shape index (κ1) is 19.7. The van der Waals surface area contributed by atoms with Gasteiger partial charge in [0.2, 0.25) is 5.88 Å². The summed E-state index contributed by atoms with van der Waals surface area (Å²) in [6.45, 7) is 2.48. The SMILES string of the molecule is Oc1ccnc(SCCCN2C[C@@H]3C[C@]3(C3CC=C(C(F)(F)F)C=C3F)C2)n1. The summed E-state index contributed by atoms with van der Waals surface area (Å²) in [7, 11) is 0. The summed E-state index contributed by atoms with van der Waals surface area (Å²) >= 11 is 1.47. The van der Waals surface area contributed by atoms with E-state index in [0.717, 1.165) is 44.3 Å². The lowest BCUT2D eigenvalue weighted by Gasteiger charge is -2.29. The highest BCUT2D eigenvalue weighted by atomic mass is 32.2. The molecule has 1 aromatic heterocycles. The van der Waals surface area contributed by atoms with Crippen LogP contribution in [0.4, 0.5) is 17.6 Å². The lowest BCUT2D eigenvalue weighted by Crippen LogP contribution is -2.30. The van der Waals surface area contributed by atoms with E-state index in [1.807, 2.05) is 0 Å². The van der Waals surface area contributed by atoms with Crippen molar-refractivity contribution in [3.8, 4) is 5.88 Å². The Labute approximate surface area is 164 Å². The fourth-order valence-corrected chi connectivity index (χ4v) is 5.31. The third-order valence-electron chi connectivity index (χ3n) is 5.97. The third kappa shape index (κ3) is 3.91. The van der Waals surface area contributed by atoms with E-state index in [0.29, 0.717) is 17.2 Å².